The van der Waals surface area contributed by atoms with E-state index in [1.54, 1.807) is 38.4 Å². The maximum atomic E-state index is 12.9. The predicted molar refractivity (Wildman–Crippen MR) is 128 cm³/mol. The average Bonchev–Trinajstić information content (AvgIpc) is 2.80. The van der Waals surface area contributed by atoms with Gasteiger partial charge in [0, 0.05) is 43.6 Å². The molecule has 0 bridgehead atoms. The van der Waals surface area contributed by atoms with Crippen molar-refractivity contribution in [2.45, 2.75) is 29.6 Å². The molecule has 0 aliphatic carbocycles. The molecule has 2 aromatic rings. The number of hydrogen-bond donors (Lipinski definition) is 1. The number of amides is 2. The van der Waals surface area contributed by atoms with Crippen LogP contribution in [0.15, 0.2) is 58.3 Å². The average molecular weight is 490 g/mol. The number of nitrogens with one attached hydrogen (secondary N) is 1. The van der Waals surface area contributed by atoms with Crippen LogP contribution in [0.4, 0.5) is 10.5 Å². The number of carbonyl (C=O) groups is 3. The zero-order valence-electron chi connectivity index (χ0n) is 18.8. The predicted octanol–water partition coefficient (Wildman–Crippen LogP) is 3.70. The minimum absolute atomic E-state index is 0.128. The van der Waals surface area contributed by atoms with E-state index in [0.717, 1.165) is 11.8 Å². The number of anilines is 1. The second-order valence-corrected chi connectivity index (χ2v) is 10.9. The number of rotatable bonds is 6. The summed E-state index contributed by atoms with van der Waals surface area (Å²) in [7, 11) is -0.371. The van der Waals surface area contributed by atoms with Crippen LogP contribution >= 0.6 is 11.8 Å². The third-order valence-corrected chi connectivity index (χ3v) is 8.46. The fourth-order valence-electron chi connectivity index (χ4n) is 3.45. The highest BCUT2D eigenvalue weighted by molar-refractivity contribution is 8.13. The third kappa shape index (κ3) is 6.01. The van der Waals surface area contributed by atoms with Crippen LogP contribution in [-0.4, -0.2) is 61.7 Å². The van der Waals surface area contributed by atoms with Crippen molar-refractivity contribution in [3.8, 4) is 0 Å². The monoisotopic (exact) mass is 489 g/mol. The summed E-state index contributed by atoms with van der Waals surface area (Å²) in [4.78, 5) is 38.6. The van der Waals surface area contributed by atoms with E-state index in [2.05, 4.69) is 5.32 Å². The van der Waals surface area contributed by atoms with Crippen molar-refractivity contribution in [1.82, 2.24) is 9.21 Å². The Bertz CT molecular complexity index is 1140. The maximum absolute atomic E-state index is 12.9. The molecule has 176 valence electrons. The molecule has 0 radical (unpaired) electrons. The molecule has 0 saturated carbocycles. The van der Waals surface area contributed by atoms with Gasteiger partial charge < -0.3 is 10.2 Å². The van der Waals surface area contributed by atoms with Crippen molar-refractivity contribution in [3.63, 3.8) is 0 Å². The highest BCUT2D eigenvalue weighted by atomic mass is 32.2. The number of thioether (sulfide) groups is 1. The third-order valence-electron chi connectivity index (χ3n) is 5.43. The molecule has 1 saturated heterocycles. The normalized spacial score (nSPS) is 15.1. The summed E-state index contributed by atoms with van der Waals surface area (Å²) in [5.41, 5.74) is 1.01. The number of nitrogens with zero attached hydrogens (tertiary/aromatic N) is 2. The van der Waals surface area contributed by atoms with Gasteiger partial charge in [0.1, 0.15) is 0 Å². The molecule has 3 rings (SSSR count). The first kappa shape index (κ1) is 24.9. The number of ketones is 1. The molecule has 2 amide bonds. The first-order valence-electron chi connectivity index (χ1n) is 10.5. The molecule has 2 aromatic carbocycles. The quantitative estimate of drug-likeness (QED) is 0.490. The summed E-state index contributed by atoms with van der Waals surface area (Å²) in [6, 6.07) is 13.0. The molecule has 1 N–H and O–H groups in total. The molecular formula is C23H27N3O5S2. The van der Waals surface area contributed by atoms with Crippen molar-refractivity contribution in [2.24, 2.45) is 5.92 Å². The molecule has 1 aliphatic rings. The number of Topliss-reactive ketones (excluding diaryl/α,β-unsaturated/α-hetero) is 1. The van der Waals surface area contributed by atoms with Gasteiger partial charge in [-0.25, -0.2) is 8.42 Å². The molecular weight excluding hydrogens is 462 g/mol. The second kappa shape index (κ2) is 10.5. The number of piperidine rings is 1. The molecule has 0 atom stereocenters. The van der Waals surface area contributed by atoms with E-state index >= 15 is 0 Å². The second-order valence-electron chi connectivity index (χ2n) is 8.01. The van der Waals surface area contributed by atoms with Crippen molar-refractivity contribution in [3.05, 3.63) is 54.1 Å². The summed E-state index contributed by atoms with van der Waals surface area (Å²) in [5.74, 6) is -0.654. The van der Waals surface area contributed by atoms with E-state index in [1.165, 1.54) is 40.4 Å². The van der Waals surface area contributed by atoms with Crippen LogP contribution in [0.2, 0.25) is 0 Å². The molecule has 33 heavy (non-hydrogen) atoms. The molecule has 1 heterocycles. The molecule has 0 unspecified atom stereocenters. The lowest BCUT2D eigenvalue weighted by atomic mass is 9.97. The highest BCUT2D eigenvalue weighted by Gasteiger charge is 2.32. The topological polar surface area (TPSA) is 104 Å². The standard InChI is InChI=1S/C23H27N3O5S2/c1-16(27)17-8-10-19(11-9-17)33(30,31)26-14-12-18(13-15-26)22(28)24-20-6-4-5-7-21(20)32-23(29)25(2)3/h4-11,18H,12-15H2,1-3H3,(H,24,28). The number of sulfonamides is 1. The molecule has 8 nitrogen and oxygen atoms in total. The van der Waals surface area contributed by atoms with Gasteiger partial charge >= 0.3 is 0 Å². The number of benzene rings is 2. The summed E-state index contributed by atoms with van der Waals surface area (Å²) in [6.45, 7) is 1.88. The number of para-hydroxylation sites is 1. The van der Waals surface area contributed by atoms with Gasteiger partial charge in [-0.15, -0.1) is 0 Å². The fraction of sp³-hybridized carbons (Fsp3) is 0.348. The van der Waals surface area contributed by atoms with Crippen molar-refractivity contribution in [2.75, 3.05) is 32.5 Å². The summed E-state index contributed by atoms with van der Waals surface area (Å²) < 4.78 is 27.3. The van der Waals surface area contributed by atoms with Crippen molar-refractivity contribution < 1.29 is 22.8 Å². The largest absolute Gasteiger partial charge is 0.339 e. The Morgan fingerprint density at radius 3 is 2.18 bits per heavy atom. The van der Waals surface area contributed by atoms with Crippen molar-refractivity contribution >= 4 is 44.4 Å². The maximum Gasteiger partial charge on any atom is 0.286 e. The van der Waals surface area contributed by atoms with E-state index in [4.69, 9.17) is 0 Å². The van der Waals surface area contributed by atoms with Gasteiger partial charge in [-0.05, 0) is 55.8 Å². The Hall–Kier alpha value is -2.69. The van der Waals surface area contributed by atoms with Crippen LogP contribution in [0, 0.1) is 5.92 Å². The molecule has 10 heteroatoms. The zero-order valence-corrected chi connectivity index (χ0v) is 20.4. The van der Waals surface area contributed by atoms with E-state index in [0.29, 0.717) is 29.0 Å². The Labute approximate surface area is 198 Å². The van der Waals surface area contributed by atoms with Crippen LogP contribution in [-0.2, 0) is 14.8 Å². The lowest BCUT2D eigenvalue weighted by Gasteiger charge is -2.30. The lowest BCUT2D eigenvalue weighted by molar-refractivity contribution is -0.120. The highest BCUT2D eigenvalue weighted by Crippen LogP contribution is 2.30. The van der Waals surface area contributed by atoms with Gasteiger partial charge in [-0.1, -0.05) is 24.3 Å². The SMILES string of the molecule is CC(=O)c1ccc(S(=O)(=O)N2CCC(C(=O)Nc3ccccc3SC(=O)N(C)C)CC2)cc1. The van der Waals surface area contributed by atoms with Gasteiger partial charge in [0.15, 0.2) is 5.78 Å². The van der Waals surface area contributed by atoms with E-state index < -0.39 is 10.0 Å². The first-order valence-corrected chi connectivity index (χ1v) is 12.8. The van der Waals surface area contributed by atoms with E-state index in [-0.39, 0.29) is 40.8 Å². The number of carbonyl (C=O) groups excluding carboxylic acids is 3. The van der Waals surface area contributed by atoms with E-state index in [9.17, 15) is 22.8 Å². The summed E-state index contributed by atoms with van der Waals surface area (Å²) in [5, 5.41) is 2.75. The minimum atomic E-state index is -3.70. The van der Waals surface area contributed by atoms with Gasteiger partial charge in [-0.3, -0.25) is 14.4 Å². The van der Waals surface area contributed by atoms with Crippen LogP contribution in [0.1, 0.15) is 30.1 Å². The summed E-state index contributed by atoms with van der Waals surface area (Å²) in [6.07, 6.45) is 0.783. The van der Waals surface area contributed by atoms with Crippen LogP contribution in [0.3, 0.4) is 0 Å². The van der Waals surface area contributed by atoms with Crippen LogP contribution in [0.25, 0.3) is 0 Å². The molecule has 1 fully saturated rings. The Morgan fingerprint density at radius 2 is 1.61 bits per heavy atom. The van der Waals surface area contributed by atoms with Gasteiger partial charge in [0.25, 0.3) is 5.24 Å². The summed E-state index contributed by atoms with van der Waals surface area (Å²) >= 11 is 1.03. The first-order chi connectivity index (χ1) is 15.6. The molecule has 0 aromatic heterocycles. The zero-order chi connectivity index (χ0) is 24.2. The Morgan fingerprint density at radius 1 is 1.00 bits per heavy atom. The molecule has 0 spiro atoms. The Kier molecular flexibility index (Phi) is 7.93. The fourth-order valence-corrected chi connectivity index (χ4v) is 5.66. The van der Waals surface area contributed by atoms with Crippen molar-refractivity contribution in [1.29, 1.82) is 0 Å². The smallest absolute Gasteiger partial charge is 0.286 e. The minimum Gasteiger partial charge on any atom is -0.339 e. The Balaban J connectivity index is 1.63. The van der Waals surface area contributed by atoms with Crippen LogP contribution in [0.5, 0.6) is 0 Å². The van der Waals surface area contributed by atoms with E-state index in [1.807, 2.05) is 0 Å². The lowest BCUT2D eigenvalue weighted by Crippen LogP contribution is -2.41. The van der Waals surface area contributed by atoms with Gasteiger partial charge in [0.2, 0.25) is 15.9 Å². The van der Waals surface area contributed by atoms with Gasteiger partial charge in [-0.2, -0.15) is 4.31 Å². The molecule has 1 aliphatic heterocycles. The van der Waals surface area contributed by atoms with Gasteiger partial charge in [0.05, 0.1) is 10.6 Å². The number of hydrogen-bond acceptors (Lipinski definition) is 6. The van der Waals surface area contributed by atoms with Crippen LogP contribution < -0.4 is 5.32 Å².